The third-order valence-corrected chi connectivity index (χ3v) is 4.28. The van der Waals surface area contributed by atoms with Crippen molar-refractivity contribution in [2.75, 3.05) is 5.75 Å². The third-order valence-electron chi connectivity index (χ3n) is 3.08. The van der Waals surface area contributed by atoms with Crippen LogP contribution in [0.25, 0.3) is 0 Å². The maximum absolute atomic E-state index is 11.8. The number of benzene rings is 1. The molecule has 0 bridgehead atoms. The van der Waals surface area contributed by atoms with Gasteiger partial charge in [-0.05, 0) is 25.3 Å². The van der Waals surface area contributed by atoms with Crippen molar-refractivity contribution in [2.45, 2.75) is 44.4 Å². The Morgan fingerprint density at radius 2 is 1.95 bits per heavy atom. The molecule has 0 fully saturated rings. The summed E-state index contributed by atoms with van der Waals surface area (Å²) >= 11 is 1.18. The van der Waals surface area contributed by atoms with E-state index >= 15 is 0 Å². The molecule has 1 aromatic carbocycles. The minimum atomic E-state index is -0.877. The van der Waals surface area contributed by atoms with E-state index in [2.05, 4.69) is 12.2 Å². The molecular formula is C16H23NO3S. The number of carboxylic acid groups (broad SMARTS) is 1. The number of thioether (sulfide) groups is 1. The van der Waals surface area contributed by atoms with Crippen LogP contribution in [-0.2, 0) is 16.0 Å². The molecule has 0 heterocycles. The van der Waals surface area contributed by atoms with Gasteiger partial charge in [0, 0.05) is 6.04 Å². The van der Waals surface area contributed by atoms with Gasteiger partial charge in [0.15, 0.2) is 0 Å². The third kappa shape index (κ3) is 7.18. The molecule has 0 radical (unpaired) electrons. The predicted octanol–water partition coefficient (Wildman–Crippen LogP) is 2.72. The molecule has 1 amide bonds. The maximum Gasteiger partial charge on any atom is 0.316 e. The second-order valence-corrected chi connectivity index (χ2v) is 6.28. The van der Waals surface area contributed by atoms with Gasteiger partial charge >= 0.3 is 5.97 Å². The van der Waals surface area contributed by atoms with Gasteiger partial charge in [0.05, 0.1) is 5.75 Å². The Morgan fingerprint density at radius 1 is 1.29 bits per heavy atom. The zero-order chi connectivity index (χ0) is 15.7. The summed E-state index contributed by atoms with van der Waals surface area (Å²) in [5.41, 5.74) is 0.970. The van der Waals surface area contributed by atoms with E-state index in [1.165, 1.54) is 11.8 Å². The molecule has 1 aromatic rings. The summed E-state index contributed by atoms with van der Waals surface area (Å²) in [6.07, 6.45) is 2.38. The summed E-state index contributed by atoms with van der Waals surface area (Å²) < 4.78 is 0. The van der Waals surface area contributed by atoms with Crippen molar-refractivity contribution in [1.29, 1.82) is 0 Å². The summed E-state index contributed by atoms with van der Waals surface area (Å²) in [4.78, 5) is 23.1. The molecule has 0 aromatic heterocycles. The van der Waals surface area contributed by atoms with E-state index in [-0.39, 0.29) is 17.7 Å². The van der Waals surface area contributed by atoms with Crippen molar-refractivity contribution in [1.82, 2.24) is 5.32 Å². The van der Waals surface area contributed by atoms with E-state index in [4.69, 9.17) is 0 Å². The first kappa shape index (κ1) is 17.6. The number of amides is 1. The average molecular weight is 309 g/mol. The minimum Gasteiger partial charge on any atom is -0.480 e. The Hall–Kier alpha value is -1.49. The summed E-state index contributed by atoms with van der Waals surface area (Å²) in [6.45, 7) is 4.03. The van der Waals surface area contributed by atoms with Crippen LogP contribution in [0.15, 0.2) is 30.3 Å². The molecule has 116 valence electrons. The maximum atomic E-state index is 11.8. The highest BCUT2D eigenvalue weighted by Crippen LogP contribution is 2.17. The Morgan fingerprint density at radius 3 is 2.52 bits per heavy atom. The number of carboxylic acids is 1. The van der Waals surface area contributed by atoms with Crippen molar-refractivity contribution >= 4 is 23.6 Å². The van der Waals surface area contributed by atoms with E-state index < -0.39 is 11.2 Å². The lowest BCUT2D eigenvalue weighted by atomic mass is 10.1. The first-order chi connectivity index (χ1) is 10.0. The highest BCUT2D eigenvalue weighted by atomic mass is 32.2. The SMILES string of the molecule is CCCC(C)NC(=O)CSC(Cc1ccccc1)C(=O)O. The average Bonchev–Trinajstić information content (AvgIpc) is 2.44. The number of hydrogen-bond acceptors (Lipinski definition) is 3. The molecular weight excluding hydrogens is 286 g/mol. The first-order valence-electron chi connectivity index (χ1n) is 7.20. The molecule has 0 saturated heterocycles. The van der Waals surface area contributed by atoms with E-state index in [1.54, 1.807) is 0 Å². The van der Waals surface area contributed by atoms with Gasteiger partial charge in [-0.2, -0.15) is 0 Å². The number of hydrogen-bond donors (Lipinski definition) is 2. The van der Waals surface area contributed by atoms with Gasteiger partial charge in [0.2, 0.25) is 5.91 Å². The van der Waals surface area contributed by atoms with Gasteiger partial charge in [-0.25, -0.2) is 0 Å². The van der Waals surface area contributed by atoms with Crippen LogP contribution < -0.4 is 5.32 Å². The lowest BCUT2D eigenvalue weighted by Crippen LogP contribution is -2.34. The Labute approximate surface area is 130 Å². The highest BCUT2D eigenvalue weighted by molar-refractivity contribution is 8.01. The number of rotatable bonds is 9. The minimum absolute atomic E-state index is 0.0970. The van der Waals surface area contributed by atoms with Crippen LogP contribution in [0, 0.1) is 0 Å². The van der Waals surface area contributed by atoms with Crippen LogP contribution >= 0.6 is 11.8 Å². The number of aliphatic carboxylic acids is 1. The molecule has 21 heavy (non-hydrogen) atoms. The molecule has 0 aliphatic carbocycles. The zero-order valence-corrected chi connectivity index (χ0v) is 13.4. The van der Waals surface area contributed by atoms with Crippen molar-refractivity contribution in [3.05, 3.63) is 35.9 Å². The fourth-order valence-corrected chi connectivity index (χ4v) is 2.93. The summed E-state index contributed by atoms with van der Waals surface area (Å²) in [7, 11) is 0. The van der Waals surface area contributed by atoms with E-state index in [9.17, 15) is 14.7 Å². The summed E-state index contributed by atoms with van der Waals surface area (Å²) in [5.74, 6) is -0.795. The van der Waals surface area contributed by atoms with Crippen molar-refractivity contribution in [3.8, 4) is 0 Å². The van der Waals surface area contributed by atoms with Crippen molar-refractivity contribution < 1.29 is 14.7 Å². The molecule has 5 heteroatoms. The van der Waals surface area contributed by atoms with Crippen molar-refractivity contribution in [3.63, 3.8) is 0 Å². The van der Waals surface area contributed by atoms with Gasteiger partial charge in [-0.1, -0.05) is 43.7 Å². The van der Waals surface area contributed by atoms with E-state index in [0.29, 0.717) is 6.42 Å². The normalized spacial score (nSPS) is 13.4. The molecule has 0 saturated carbocycles. The Bertz CT molecular complexity index is 450. The standard InChI is InChI=1S/C16H23NO3S/c1-3-7-12(2)17-15(18)11-21-14(16(19)20)10-13-8-5-4-6-9-13/h4-6,8-9,12,14H,3,7,10-11H2,1-2H3,(H,17,18)(H,19,20). The smallest absolute Gasteiger partial charge is 0.316 e. The monoisotopic (exact) mass is 309 g/mol. The molecule has 0 aliphatic rings. The molecule has 0 spiro atoms. The molecule has 0 aliphatic heterocycles. The van der Waals surface area contributed by atoms with Crippen LogP contribution in [0.5, 0.6) is 0 Å². The molecule has 2 unspecified atom stereocenters. The van der Waals surface area contributed by atoms with Gasteiger partial charge in [0.25, 0.3) is 0 Å². The molecule has 4 nitrogen and oxygen atoms in total. The number of carbonyl (C=O) groups is 2. The lowest BCUT2D eigenvalue weighted by Gasteiger charge is -2.15. The van der Waals surface area contributed by atoms with Crippen LogP contribution in [0.3, 0.4) is 0 Å². The number of carbonyl (C=O) groups excluding carboxylic acids is 1. The zero-order valence-electron chi connectivity index (χ0n) is 12.5. The second kappa shape index (κ2) is 9.45. The summed E-state index contributed by atoms with van der Waals surface area (Å²) in [6, 6.07) is 9.62. The van der Waals surface area contributed by atoms with Gasteiger partial charge in [-0.15, -0.1) is 11.8 Å². The number of nitrogens with one attached hydrogen (secondary N) is 1. The highest BCUT2D eigenvalue weighted by Gasteiger charge is 2.20. The molecule has 2 atom stereocenters. The van der Waals surface area contributed by atoms with Crippen LogP contribution in [0.2, 0.25) is 0 Å². The van der Waals surface area contributed by atoms with Gasteiger partial charge in [0.1, 0.15) is 5.25 Å². The topological polar surface area (TPSA) is 66.4 Å². The molecule has 2 N–H and O–H groups in total. The quantitative estimate of drug-likeness (QED) is 0.736. The van der Waals surface area contributed by atoms with Gasteiger partial charge < -0.3 is 10.4 Å². The fourth-order valence-electron chi connectivity index (χ4n) is 2.04. The Balaban J connectivity index is 2.45. The Kier molecular flexibility index (Phi) is 7.90. The van der Waals surface area contributed by atoms with Crippen LogP contribution in [0.4, 0.5) is 0 Å². The van der Waals surface area contributed by atoms with Crippen molar-refractivity contribution in [2.24, 2.45) is 0 Å². The second-order valence-electron chi connectivity index (χ2n) is 5.08. The molecule has 1 rings (SSSR count). The summed E-state index contributed by atoms with van der Waals surface area (Å²) in [5, 5.41) is 11.5. The lowest BCUT2D eigenvalue weighted by molar-refractivity contribution is -0.136. The largest absolute Gasteiger partial charge is 0.480 e. The van der Waals surface area contributed by atoms with E-state index in [0.717, 1.165) is 18.4 Å². The fraction of sp³-hybridized carbons (Fsp3) is 0.500. The van der Waals surface area contributed by atoms with Crippen LogP contribution in [0.1, 0.15) is 32.3 Å². The van der Waals surface area contributed by atoms with E-state index in [1.807, 2.05) is 37.3 Å². The first-order valence-corrected chi connectivity index (χ1v) is 8.25. The van der Waals surface area contributed by atoms with Gasteiger partial charge in [-0.3, -0.25) is 9.59 Å². The predicted molar refractivity (Wildman–Crippen MR) is 86.5 cm³/mol. The van der Waals surface area contributed by atoms with Crippen LogP contribution in [-0.4, -0.2) is 34.0 Å².